The molecule has 1 N–H and O–H groups in total. The average Bonchev–Trinajstić information content (AvgIpc) is 2.89. The van der Waals surface area contributed by atoms with E-state index in [2.05, 4.69) is 31.4 Å². The van der Waals surface area contributed by atoms with Crippen molar-refractivity contribution in [1.82, 2.24) is 15.5 Å². The lowest BCUT2D eigenvalue weighted by Gasteiger charge is -2.20. The molecule has 2 aromatic rings. The van der Waals surface area contributed by atoms with Gasteiger partial charge in [-0.05, 0) is 30.7 Å². The highest BCUT2D eigenvalue weighted by atomic mass is 79.9. The van der Waals surface area contributed by atoms with E-state index >= 15 is 0 Å². The van der Waals surface area contributed by atoms with Crippen LogP contribution in [0.4, 0.5) is 0 Å². The molecule has 1 unspecified atom stereocenters. The topological polar surface area (TPSA) is 60.2 Å². The first kappa shape index (κ1) is 12.8. The Bertz CT molecular complexity index is 579. The van der Waals surface area contributed by atoms with Gasteiger partial charge in [-0.25, -0.2) is 0 Å². The molecule has 0 radical (unpaired) electrons. The predicted molar refractivity (Wildman–Crippen MR) is 73.7 cm³/mol. The molecule has 1 atom stereocenters. The average molecular weight is 324 g/mol. The van der Waals surface area contributed by atoms with E-state index in [4.69, 9.17) is 9.26 Å². The molecule has 1 aliphatic heterocycles. The second-order valence-electron chi connectivity index (χ2n) is 4.50. The first-order valence-electron chi connectivity index (χ1n) is 6.15. The van der Waals surface area contributed by atoms with Gasteiger partial charge in [0.05, 0.1) is 19.3 Å². The number of morpholine rings is 1. The second kappa shape index (κ2) is 5.40. The number of benzene rings is 1. The van der Waals surface area contributed by atoms with Crippen molar-refractivity contribution in [2.75, 3.05) is 19.8 Å². The number of rotatable bonds is 2. The van der Waals surface area contributed by atoms with Gasteiger partial charge < -0.3 is 14.6 Å². The number of aromatic nitrogens is 2. The Kier molecular flexibility index (Phi) is 3.63. The summed E-state index contributed by atoms with van der Waals surface area (Å²) < 4.78 is 11.8. The van der Waals surface area contributed by atoms with Crippen LogP contribution in [-0.4, -0.2) is 29.9 Å². The van der Waals surface area contributed by atoms with E-state index in [0.29, 0.717) is 18.3 Å². The van der Waals surface area contributed by atoms with E-state index in [1.165, 1.54) is 0 Å². The van der Waals surface area contributed by atoms with Crippen LogP contribution < -0.4 is 5.32 Å². The molecule has 1 fully saturated rings. The monoisotopic (exact) mass is 323 g/mol. The number of ether oxygens (including phenoxy) is 1. The third kappa shape index (κ3) is 2.70. The molecule has 1 aromatic carbocycles. The maximum atomic E-state index is 5.40. The Morgan fingerprint density at radius 2 is 2.32 bits per heavy atom. The van der Waals surface area contributed by atoms with Crippen molar-refractivity contribution in [2.24, 2.45) is 0 Å². The summed E-state index contributed by atoms with van der Waals surface area (Å²) in [5.74, 6) is 1.20. The Morgan fingerprint density at radius 3 is 3.05 bits per heavy atom. The summed E-state index contributed by atoms with van der Waals surface area (Å²) in [6, 6.07) is 5.98. The van der Waals surface area contributed by atoms with Gasteiger partial charge in [0.25, 0.3) is 5.89 Å². The zero-order chi connectivity index (χ0) is 13.2. The number of hydrogen-bond acceptors (Lipinski definition) is 5. The zero-order valence-corrected chi connectivity index (χ0v) is 12.1. The predicted octanol–water partition coefficient (Wildman–Crippen LogP) is 2.47. The number of nitrogens with zero attached hydrogens (tertiary/aromatic N) is 2. The molecule has 0 aliphatic carbocycles. The summed E-state index contributed by atoms with van der Waals surface area (Å²) in [4.78, 5) is 4.46. The fourth-order valence-corrected chi connectivity index (χ4v) is 2.56. The van der Waals surface area contributed by atoms with Crippen LogP contribution in [0.25, 0.3) is 11.5 Å². The van der Waals surface area contributed by atoms with Crippen LogP contribution in [0.2, 0.25) is 0 Å². The van der Waals surface area contributed by atoms with Crippen LogP contribution in [0.5, 0.6) is 0 Å². The minimum absolute atomic E-state index is 0.0157. The molecule has 1 saturated heterocycles. The first-order valence-corrected chi connectivity index (χ1v) is 6.94. The van der Waals surface area contributed by atoms with Gasteiger partial charge in [-0.15, -0.1) is 0 Å². The van der Waals surface area contributed by atoms with Crippen molar-refractivity contribution >= 4 is 15.9 Å². The van der Waals surface area contributed by atoms with Gasteiger partial charge in [-0.1, -0.05) is 21.1 Å². The fraction of sp³-hybridized carbons (Fsp3) is 0.385. The molecular weight excluding hydrogens is 310 g/mol. The summed E-state index contributed by atoms with van der Waals surface area (Å²) in [5, 5.41) is 7.35. The van der Waals surface area contributed by atoms with E-state index in [-0.39, 0.29) is 6.04 Å². The smallest absolute Gasteiger partial charge is 0.258 e. The quantitative estimate of drug-likeness (QED) is 0.920. The largest absolute Gasteiger partial charge is 0.378 e. The summed E-state index contributed by atoms with van der Waals surface area (Å²) in [5.41, 5.74) is 2.05. The summed E-state index contributed by atoms with van der Waals surface area (Å²) in [6.07, 6.45) is 0. The summed E-state index contributed by atoms with van der Waals surface area (Å²) in [7, 11) is 0. The molecule has 0 amide bonds. The van der Waals surface area contributed by atoms with E-state index < -0.39 is 0 Å². The zero-order valence-electron chi connectivity index (χ0n) is 10.5. The molecule has 1 aromatic heterocycles. The van der Waals surface area contributed by atoms with E-state index in [9.17, 15) is 0 Å². The van der Waals surface area contributed by atoms with Crippen LogP contribution in [0.3, 0.4) is 0 Å². The Labute approximate surface area is 119 Å². The molecule has 0 spiro atoms. The minimum Gasteiger partial charge on any atom is -0.378 e. The van der Waals surface area contributed by atoms with Gasteiger partial charge in [-0.3, -0.25) is 0 Å². The van der Waals surface area contributed by atoms with Crippen molar-refractivity contribution in [3.63, 3.8) is 0 Å². The van der Waals surface area contributed by atoms with Crippen LogP contribution in [0, 0.1) is 6.92 Å². The number of halogens is 1. The number of aryl methyl sites for hydroxylation is 1. The molecule has 1 aliphatic rings. The van der Waals surface area contributed by atoms with Crippen LogP contribution in [-0.2, 0) is 4.74 Å². The van der Waals surface area contributed by atoms with Crippen molar-refractivity contribution in [3.05, 3.63) is 34.1 Å². The maximum Gasteiger partial charge on any atom is 0.258 e. The van der Waals surface area contributed by atoms with Crippen molar-refractivity contribution in [1.29, 1.82) is 0 Å². The molecule has 5 nitrogen and oxygen atoms in total. The lowest BCUT2D eigenvalue weighted by molar-refractivity contribution is 0.0734. The van der Waals surface area contributed by atoms with Gasteiger partial charge in [0, 0.05) is 16.6 Å². The molecular formula is C13H14BrN3O2. The Balaban J connectivity index is 1.87. The lowest BCUT2D eigenvalue weighted by Crippen LogP contribution is -2.35. The first-order chi connectivity index (χ1) is 9.24. The van der Waals surface area contributed by atoms with Crippen LogP contribution in [0.15, 0.2) is 27.2 Å². The van der Waals surface area contributed by atoms with E-state index in [1.54, 1.807) is 0 Å². The lowest BCUT2D eigenvalue weighted by atomic mass is 10.1. The van der Waals surface area contributed by atoms with Crippen molar-refractivity contribution in [2.45, 2.75) is 13.0 Å². The number of nitrogens with one attached hydrogen (secondary N) is 1. The number of hydrogen-bond donors (Lipinski definition) is 1. The highest BCUT2D eigenvalue weighted by Gasteiger charge is 2.21. The SMILES string of the molecule is Cc1cc(Br)ccc1-c1nc(C2COCCN2)no1. The standard InChI is InChI=1S/C13H14BrN3O2/c1-8-6-9(14)2-3-10(8)13-16-12(17-19-13)11-7-18-5-4-15-11/h2-3,6,11,15H,4-5,7H2,1H3. The van der Waals surface area contributed by atoms with E-state index in [0.717, 1.165) is 28.8 Å². The minimum atomic E-state index is 0.0157. The Morgan fingerprint density at radius 1 is 1.42 bits per heavy atom. The van der Waals surface area contributed by atoms with Crippen molar-refractivity contribution in [3.8, 4) is 11.5 Å². The maximum absolute atomic E-state index is 5.40. The Hall–Kier alpha value is -1.24. The van der Waals surface area contributed by atoms with Crippen LogP contribution >= 0.6 is 15.9 Å². The molecule has 0 bridgehead atoms. The molecule has 0 saturated carbocycles. The normalized spacial score (nSPS) is 19.6. The summed E-state index contributed by atoms with van der Waals surface area (Å²) in [6.45, 7) is 4.14. The third-order valence-corrected chi connectivity index (χ3v) is 3.59. The van der Waals surface area contributed by atoms with Gasteiger partial charge in [0.15, 0.2) is 5.82 Å². The second-order valence-corrected chi connectivity index (χ2v) is 5.41. The molecule has 3 rings (SSSR count). The molecule has 6 heteroatoms. The van der Waals surface area contributed by atoms with Gasteiger partial charge in [-0.2, -0.15) is 4.98 Å². The van der Waals surface area contributed by atoms with Crippen molar-refractivity contribution < 1.29 is 9.26 Å². The molecule has 19 heavy (non-hydrogen) atoms. The fourth-order valence-electron chi connectivity index (χ4n) is 2.08. The van der Waals surface area contributed by atoms with E-state index in [1.807, 2.05) is 25.1 Å². The van der Waals surface area contributed by atoms with Crippen LogP contribution in [0.1, 0.15) is 17.4 Å². The third-order valence-electron chi connectivity index (χ3n) is 3.09. The molecule has 2 heterocycles. The van der Waals surface area contributed by atoms with Gasteiger partial charge in [0.2, 0.25) is 0 Å². The molecule has 100 valence electrons. The highest BCUT2D eigenvalue weighted by Crippen LogP contribution is 2.26. The van der Waals surface area contributed by atoms with Gasteiger partial charge >= 0.3 is 0 Å². The highest BCUT2D eigenvalue weighted by molar-refractivity contribution is 9.10. The van der Waals surface area contributed by atoms with Gasteiger partial charge in [0.1, 0.15) is 0 Å². The summed E-state index contributed by atoms with van der Waals surface area (Å²) >= 11 is 3.44.